The quantitative estimate of drug-likeness (QED) is 0.747. The molecule has 0 fully saturated rings. The molecular formula is C8H6BrN3O. The molecule has 0 N–H and O–H groups in total. The Hall–Kier alpha value is -1.23. The summed E-state index contributed by atoms with van der Waals surface area (Å²) < 4.78 is 0.833. The molecule has 1 aromatic rings. The molecule has 0 saturated carbocycles. The zero-order valence-corrected chi connectivity index (χ0v) is 8.23. The van der Waals surface area contributed by atoms with Gasteiger partial charge in [0.05, 0.1) is 18.3 Å². The molecule has 2 rings (SSSR count). The van der Waals surface area contributed by atoms with Crippen LogP contribution in [-0.4, -0.2) is 17.1 Å². The van der Waals surface area contributed by atoms with Gasteiger partial charge in [0.25, 0.3) is 5.91 Å². The van der Waals surface area contributed by atoms with Gasteiger partial charge in [-0.25, -0.2) is 0 Å². The monoisotopic (exact) mass is 239 g/mol. The van der Waals surface area contributed by atoms with Gasteiger partial charge in [-0.3, -0.25) is 9.78 Å². The van der Waals surface area contributed by atoms with E-state index in [4.69, 9.17) is 0 Å². The summed E-state index contributed by atoms with van der Waals surface area (Å²) in [4.78, 5) is 15.2. The molecular weight excluding hydrogens is 234 g/mol. The number of aromatic nitrogens is 1. The maximum atomic E-state index is 11.2. The number of rotatable bonds is 1. The van der Waals surface area contributed by atoms with E-state index in [9.17, 15) is 4.79 Å². The number of hydrogen-bond donors (Lipinski definition) is 0. The molecule has 1 aromatic heterocycles. The number of pyridine rings is 1. The number of carbonyl (C=O) groups excluding carboxylic acids is 1. The van der Waals surface area contributed by atoms with E-state index in [-0.39, 0.29) is 5.91 Å². The Morgan fingerprint density at radius 1 is 1.46 bits per heavy atom. The maximum absolute atomic E-state index is 11.2. The predicted octanol–water partition coefficient (Wildman–Crippen LogP) is 1.57. The van der Waals surface area contributed by atoms with Crippen molar-refractivity contribution < 1.29 is 4.79 Å². The topological polar surface area (TPSA) is 45.6 Å². The normalized spacial score (nSPS) is 15.5. The summed E-state index contributed by atoms with van der Waals surface area (Å²) in [6.07, 6.45) is 5.22. The number of amides is 1. The number of hydrazone groups is 1. The summed E-state index contributed by atoms with van der Waals surface area (Å²) in [5.74, 6) is -0.0279. The summed E-state index contributed by atoms with van der Waals surface area (Å²) in [6, 6.07) is 1.80. The van der Waals surface area contributed by atoms with Crippen LogP contribution in [0.15, 0.2) is 28.0 Å². The highest BCUT2D eigenvalue weighted by atomic mass is 79.9. The third kappa shape index (κ3) is 1.60. The van der Waals surface area contributed by atoms with Crippen molar-refractivity contribution in [2.24, 2.45) is 5.10 Å². The van der Waals surface area contributed by atoms with Gasteiger partial charge >= 0.3 is 0 Å². The standard InChI is InChI=1S/C8H6BrN3O/c9-6-3-7(5-10-4-6)12-8(13)1-2-11-12/h2-5H,1H2. The first-order valence-electron chi connectivity index (χ1n) is 3.73. The van der Waals surface area contributed by atoms with Gasteiger partial charge in [-0.1, -0.05) is 0 Å². The van der Waals surface area contributed by atoms with Gasteiger partial charge in [-0.2, -0.15) is 10.1 Å². The van der Waals surface area contributed by atoms with Gasteiger partial charge in [0.2, 0.25) is 0 Å². The summed E-state index contributed by atoms with van der Waals surface area (Å²) in [7, 11) is 0. The lowest BCUT2D eigenvalue weighted by Crippen LogP contribution is -2.19. The molecule has 66 valence electrons. The Morgan fingerprint density at radius 2 is 2.31 bits per heavy atom. The van der Waals surface area contributed by atoms with Crippen molar-refractivity contribution in [3.63, 3.8) is 0 Å². The van der Waals surface area contributed by atoms with Crippen LogP contribution < -0.4 is 5.01 Å². The van der Waals surface area contributed by atoms with Crippen LogP contribution in [0.5, 0.6) is 0 Å². The van der Waals surface area contributed by atoms with E-state index in [2.05, 4.69) is 26.0 Å². The number of halogens is 1. The van der Waals surface area contributed by atoms with Crippen molar-refractivity contribution in [2.45, 2.75) is 6.42 Å². The van der Waals surface area contributed by atoms with E-state index in [1.54, 1.807) is 24.7 Å². The van der Waals surface area contributed by atoms with Crippen LogP contribution in [0.25, 0.3) is 0 Å². The summed E-state index contributed by atoms with van der Waals surface area (Å²) in [5.41, 5.74) is 0.688. The van der Waals surface area contributed by atoms with Gasteiger partial charge in [-0.15, -0.1) is 0 Å². The van der Waals surface area contributed by atoms with Gasteiger partial charge in [-0.05, 0) is 22.0 Å². The average molecular weight is 240 g/mol. The molecule has 2 heterocycles. The Labute approximate surface area is 83.4 Å². The van der Waals surface area contributed by atoms with Gasteiger partial charge in [0, 0.05) is 16.9 Å². The maximum Gasteiger partial charge on any atom is 0.252 e. The molecule has 0 aliphatic carbocycles. The van der Waals surface area contributed by atoms with E-state index < -0.39 is 0 Å². The van der Waals surface area contributed by atoms with E-state index in [1.165, 1.54) is 5.01 Å². The average Bonchev–Trinajstić information content (AvgIpc) is 2.51. The number of carbonyl (C=O) groups is 1. The minimum Gasteiger partial charge on any atom is -0.272 e. The third-order valence-electron chi connectivity index (χ3n) is 1.63. The van der Waals surface area contributed by atoms with E-state index in [0.29, 0.717) is 12.1 Å². The van der Waals surface area contributed by atoms with Crippen LogP contribution in [0.4, 0.5) is 5.69 Å². The molecule has 13 heavy (non-hydrogen) atoms. The van der Waals surface area contributed by atoms with Crippen LogP contribution in [0.3, 0.4) is 0 Å². The second kappa shape index (κ2) is 3.26. The lowest BCUT2D eigenvalue weighted by Gasteiger charge is -2.10. The highest BCUT2D eigenvalue weighted by Crippen LogP contribution is 2.20. The molecule has 0 aromatic carbocycles. The molecule has 0 atom stereocenters. The van der Waals surface area contributed by atoms with Crippen molar-refractivity contribution in [3.05, 3.63) is 22.9 Å². The van der Waals surface area contributed by atoms with Crippen molar-refractivity contribution >= 4 is 33.7 Å². The molecule has 4 nitrogen and oxygen atoms in total. The number of nitrogens with zero attached hydrogens (tertiary/aromatic N) is 3. The van der Waals surface area contributed by atoms with E-state index in [1.807, 2.05) is 0 Å². The van der Waals surface area contributed by atoms with Crippen LogP contribution in [0, 0.1) is 0 Å². The van der Waals surface area contributed by atoms with Crippen molar-refractivity contribution in [1.82, 2.24) is 4.98 Å². The van der Waals surface area contributed by atoms with Crippen LogP contribution in [0.1, 0.15) is 6.42 Å². The van der Waals surface area contributed by atoms with Crippen molar-refractivity contribution in [3.8, 4) is 0 Å². The van der Waals surface area contributed by atoms with E-state index in [0.717, 1.165) is 4.47 Å². The highest BCUT2D eigenvalue weighted by Gasteiger charge is 2.18. The fraction of sp³-hybridized carbons (Fsp3) is 0.125. The second-order valence-corrected chi connectivity index (χ2v) is 3.48. The first-order chi connectivity index (χ1) is 6.27. The third-order valence-corrected chi connectivity index (χ3v) is 2.07. The molecule has 5 heteroatoms. The lowest BCUT2D eigenvalue weighted by atomic mass is 10.4. The molecule has 0 saturated heterocycles. The minimum absolute atomic E-state index is 0.0279. The molecule has 1 aliphatic heterocycles. The SMILES string of the molecule is O=C1CC=NN1c1cncc(Br)c1. The Kier molecular flexibility index (Phi) is 2.10. The second-order valence-electron chi connectivity index (χ2n) is 2.57. The lowest BCUT2D eigenvalue weighted by molar-refractivity contribution is -0.116. The Morgan fingerprint density at radius 3 is 2.92 bits per heavy atom. The van der Waals surface area contributed by atoms with Crippen LogP contribution in [-0.2, 0) is 4.79 Å². The Bertz CT molecular complexity index is 377. The zero-order valence-electron chi connectivity index (χ0n) is 6.64. The smallest absolute Gasteiger partial charge is 0.252 e. The molecule has 1 amide bonds. The van der Waals surface area contributed by atoms with Crippen molar-refractivity contribution in [1.29, 1.82) is 0 Å². The van der Waals surface area contributed by atoms with Gasteiger partial charge in [0.1, 0.15) is 0 Å². The largest absolute Gasteiger partial charge is 0.272 e. The van der Waals surface area contributed by atoms with Gasteiger partial charge < -0.3 is 0 Å². The first kappa shape index (κ1) is 8.37. The number of anilines is 1. The van der Waals surface area contributed by atoms with Crippen LogP contribution >= 0.6 is 15.9 Å². The van der Waals surface area contributed by atoms with Crippen LogP contribution in [0.2, 0.25) is 0 Å². The minimum atomic E-state index is -0.0279. The number of hydrogen-bond acceptors (Lipinski definition) is 3. The summed E-state index contributed by atoms with van der Waals surface area (Å²) in [5, 5.41) is 5.27. The predicted molar refractivity (Wildman–Crippen MR) is 52.5 cm³/mol. The molecule has 0 bridgehead atoms. The van der Waals surface area contributed by atoms with E-state index >= 15 is 0 Å². The molecule has 0 spiro atoms. The summed E-state index contributed by atoms with van der Waals surface area (Å²) >= 11 is 3.28. The zero-order chi connectivity index (χ0) is 9.26. The molecule has 0 radical (unpaired) electrons. The molecule has 0 unspecified atom stereocenters. The fourth-order valence-corrected chi connectivity index (χ4v) is 1.43. The highest BCUT2D eigenvalue weighted by molar-refractivity contribution is 9.10. The fourth-order valence-electron chi connectivity index (χ4n) is 1.08. The van der Waals surface area contributed by atoms with Crippen molar-refractivity contribution in [2.75, 3.05) is 5.01 Å². The first-order valence-corrected chi connectivity index (χ1v) is 4.52. The Balaban J connectivity index is 2.35. The summed E-state index contributed by atoms with van der Waals surface area (Å²) in [6.45, 7) is 0. The van der Waals surface area contributed by atoms with Gasteiger partial charge in [0.15, 0.2) is 0 Å². The molecule has 1 aliphatic rings.